The monoisotopic (exact) mass is 511 g/mol. The van der Waals surface area contributed by atoms with Crippen molar-refractivity contribution in [2.45, 2.75) is 32.4 Å². The molecule has 2 aromatic rings. The Hall–Kier alpha value is -2.16. The largest absolute Gasteiger partial charge is 0.493 e. The first-order chi connectivity index (χ1) is 13.7. The van der Waals surface area contributed by atoms with E-state index in [4.69, 9.17) is 14.2 Å². The quantitative estimate of drug-likeness (QED) is 0.321. The molecule has 29 heavy (non-hydrogen) atoms. The van der Waals surface area contributed by atoms with Gasteiger partial charge in [0.1, 0.15) is 11.9 Å². The Morgan fingerprint density at radius 2 is 2.00 bits per heavy atom. The molecule has 0 amide bonds. The molecule has 158 valence electrons. The fraction of sp³-hybridized carbons (Fsp3) is 0.409. The number of methoxy groups -OCH3 is 1. The third-order valence-corrected chi connectivity index (χ3v) is 4.58. The standard InChI is InChI=1S/C22H29N3O3.HI/c1-4-11-27-20-10-9-16(12-21(20)26-3)14-24-22(23-2)25-15-18-13-17-7-5-6-8-19(17)28-18;/h5-10,12,18H,4,11,13-15H2,1-3H3,(H2,23,24,25);1H. The lowest BCUT2D eigenvalue weighted by molar-refractivity contribution is 0.235. The zero-order chi connectivity index (χ0) is 19.8. The minimum atomic E-state index is 0. The van der Waals surface area contributed by atoms with Crippen LogP contribution in [0, 0.1) is 0 Å². The maximum absolute atomic E-state index is 5.96. The van der Waals surface area contributed by atoms with Crippen molar-refractivity contribution in [2.75, 3.05) is 27.3 Å². The second kappa shape index (κ2) is 11.7. The lowest BCUT2D eigenvalue weighted by Gasteiger charge is -2.16. The van der Waals surface area contributed by atoms with Crippen LogP contribution in [0.3, 0.4) is 0 Å². The molecule has 0 saturated carbocycles. The van der Waals surface area contributed by atoms with E-state index in [1.54, 1.807) is 14.2 Å². The van der Waals surface area contributed by atoms with Gasteiger partial charge in [-0.05, 0) is 35.7 Å². The number of fused-ring (bicyclic) bond motifs is 1. The normalized spacial score (nSPS) is 15.0. The van der Waals surface area contributed by atoms with E-state index < -0.39 is 0 Å². The van der Waals surface area contributed by atoms with Crippen LogP contribution in [0.1, 0.15) is 24.5 Å². The Balaban J connectivity index is 0.00000300. The molecule has 0 saturated heterocycles. The van der Waals surface area contributed by atoms with Gasteiger partial charge in [0.15, 0.2) is 17.5 Å². The molecule has 2 N–H and O–H groups in total. The summed E-state index contributed by atoms with van der Waals surface area (Å²) in [6, 6.07) is 14.2. The van der Waals surface area contributed by atoms with Crippen molar-refractivity contribution >= 4 is 29.9 Å². The summed E-state index contributed by atoms with van der Waals surface area (Å²) in [5, 5.41) is 6.67. The first kappa shape index (κ1) is 23.1. The van der Waals surface area contributed by atoms with Crippen LogP contribution in [0.2, 0.25) is 0 Å². The average Bonchev–Trinajstić information content (AvgIpc) is 3.15. The van der Waals surface area contributed by atoms with Crippen molar-refractivity contribution < 1.29 is 14.2 Å². The Kier molecular flexibility index (Phi) is 9.37. The number of aliphatic imine (C=N–C) groups is 1. The topological polar surface area (TPSA) is 64.1 Å². The first-order valence-corrected chi connectivity index (χ1v) is 9.72. The SMILES string of the molecule is CCCOc1ccc(CNC(=NC)NCC2Cc3ccccc3O2)cc1OC.I. The minimum Gasteiger partial charge on any atom is -0.493 e. The predicted octanol–water partition coefficient (Wildman–Crippen LogP) is 3.77. The molecule has 0 spiro atoms. The first-order valence-electron chi connectivity index (χ1n) is 9.72. The number of nitrogens with zero attached hydrogens (tertiary/aromatic N) is 1. The van der Waals surface area contributed by atoms with E-state index in [0.717, 1.165) is 41.6 Å². The van der Waals surface area contributed by atoms with Crippen LogP contribution in [0.15, 0.2) is 47.5 Å². The summed E-state index contributed by atoms with van der Waals surface area (Å²) >= 11 is 0. The minimum absolute atomic E-state index is 0. The van der Waals surface area contributed by atoms with Crippen LogP contribution in [-0.4, -0.2) is 39.4 Å². The van der Waals surface area contributed by atoms with Crippen molar-refractivity contribution in [1.29, 1.82) is 0 Å². The molecular formula is C22H30IN3O3. The summed E-state index contributed by atoms with van der Waals surface area (Å²) in [5.74, 6) is 3.24. The molecule has 3 rings (SSSR count). The van der Waals surface area contributed by atoms with Crippen molar-refractivity contribution in [3.63, 3.8) is 0 Å². The zero-order valence-corrected chi connectivity index (χ0v) is 19.6. The third kappa shape index (κ3) is 6.42. The van der Waals surface area contributed by atoms with E-state index in [-0.39, 0.29) is 30.1 Å². The predicted molar refractivity (Wildman–Crippen MR) is 127 cm³/mol. The summed E-state index contributed by atoms with van der Waals surface area (Å²) < 4.78 is 17.1. The maximum atomic E-state index is 5.96. The van der Waals surface area contributed by atoms with E-state index in [1.807, 2.05) is 36.4 Å². The average molecular weight is 511 g/mol. The molecular weight excluding hydrogens is 481 g/mol. The molecule has 7 heteroatoms. The van der Waals surface area contributed by atoms with Gasteiger partial charge < -0.3 is 24.8 Å². The Labute approximate surface area is 190 Å². The summed E-state index contributed by atoms with van der Waals surface area (Å²) in [6.45, 7) is 4.09. The molecule has 0 bridgehead atoms. The maximum Gasteiger partial charge on any atom is 0.191 e. The number of halogens is 1. The van der Waals surface area contributed by atoms with Crippen molar-refractivity contribution in [2.24, 2.45) is 4.99 Å². The van der Waals surface area contributed by atoms with Crippen LogP contribution in [-0.2, 0) is 13.0 Å². The summed E-state index contributed by atoms with van der Waals surface area (Å²) in [7, 11) is 3.42. The van der Waals surface area contributed by atoms with Gasteiger partial charge in [-0.1, -0.05) is 31.2 Å². The van der Waals surface area contributed by atoms with Gasteiger partial charge in [0.2, 0.25) is 0 Å². The summed E-state index contributed by atoms with van der Waals surface area (Å²) in [4.78, 5) is 4.30. The molecule has 0 radical (unpaired) electrons. The Morgan fingerprint density at radius 1 is 1.17 bits per heavy atom. The molecule has 1 heterocycles. The number of guanidine groups is 1. The highest BCUT2D eigenvalue weighted by Crippen LogP contribution is 2.28. The fourth-order valence-corrected chi connectivity index (χ4v) is 3.14. The second-order valence-corrected chi connectivity index (χ2v) is 6.69. The van der Waals surface area contributed by atoms with E-state index >= 15 is 0 Å². The van der Waals surface area contributed by atoms with Crippen LogP contribution >= 0.6 is 24.0 Å². The number of benzene rings is 2. The lowest BCUT2D eigenvalue weighted by Crippen LogP contribution is -2.41. The molecule has 1 atom stereocenters. The molecule has 1 aliphatic heterocycles. The van der Waals surface area contributed by atoms with Gasteiger partial charge >= 0.3 is 0 Å². The van der Waals surface area contributed by atoms with Gasteiger partial charge in [0.25, 0.3) is 0 Å². The highest BCUT2D eigenvalue weighted by molar-refractivity contribution is 14.0. The van der Waals surface area contributed by atoms with Gasteiger partial charge in [-0.25, -0.2) is 0 Å². The van der Waals surface area contributed by atoms with Crippen LogP contribution in [0.5, 0.6) is 17.2 Å². The van der Waals surface area contributed by atoms with Gasteiger partial charge in [0, 0.05) is 20.0 Å². The van der Waals surface area contributed by atoms with E-state index in [0.29, 0.717) is 19.7 Å². The van der Waals surface area contributed by atoms with Gasteiger partial charge in [0.05, 0.1) is 20.3 Å². The number of ether oxygens (including phenoxy) is 3. The number of hydrogen-bond donors (Lipinski definition) is 2. The smallest absolute Gasteiger partial charge is 0.191 e. The lowest BCUT2D eigenvalue weighted by atomic mass is 10.1. The third-order valence-electron chi connectivity index (χ3n) is 4.58. The van der Waals surface area contributed by atoms with Crippen molar-refractivity contribution in [3.8, 4) is 17.2 Å². The highest BCUT2D eigenvalue weighted by Gasteiger charge is 2.22. The van der Waals surface area contributed by atoms with Crippen LogP contribution in [0.25, 0.3) is 0 Å². The van der Waals surface area contributed by atoms with E-state index in [1.165, 1.54) is 5.56 Å². The molecule has 0 fully saturated rings. The van der Waals surface area contributed by atoms with Crippen molar-refractivity contribution in [1.82, 2.24) is 10.6 Å². The molecule has 0 aromatic heterocycles. The van der Waals surface area contributed by atoms with E-state index in [2.05, 4.69) is 28.6 Å². The molecule has 0 aliphatic carbocycles. The number of rotatable bonds is 8. The number of hydrogen-bond acceptors (Lipinski definition) is 4. The fourth-order valence-electron chi connectivity index (χ4n) is 3.14. The number of nitrogens with one attached hydrogen (secondary N) is 2. The molecule has 6 nitrogen and oxygen atoms in total. The Morgan fingerprint density at radius 3 is 2.72 bits per heavy atom. The molecule has 1 aliphatic rings. The van der Waals surface area contributed by atoms with Crippen molar-refractivity contribution in [3.05, 3.63) is 53.6 Å². The zero-order valence-electron chi connectivity index (χ0n) is 17.2. The highest BCUT2D eigenvalue weighted by atomic mass is 127. The van der Waals surface area contributed by atoms with Crippen LogP contribution in [0.4, 0.5) is 0 Å². The van der Waals surface area contributed by atoms with Crippen LogP contribution < -0.4 is 24.8 Å². The summed E-state index contributed by atoms with van der Waals surface area (Å²) in [5.41, 5.74) is 2.35. The molecule has 1 unspecified atom stereocenters. The Bertz CT molecular complexity index is 789. The van der Waals surface area contributed by atoms with E-state index in [9.17, 15) is 0 Å². The van der Waals surface area contributed by atoms with Gasteiger partial charge in [-0.15, -0.1) is 24.0 Å². The van der Waals surface area contributed by atoms with Gasteiger partial charge in [-0.2, -0.15) is 0 Å². The van der Waals surface area contributed by atoms with Gasteiger partial charge in [-0.3, -0.25) is 4.99 Å². The summed E-state index contributed by atoms with van der Waals surface area (Å²) in [6.07, 6.45) is 1.99. The molecule has 2 aromatic carbocycles. The second-order valence-electron chi connectivity index (χ2n) is 6.69. The number of para-hydroxylation sites is 1.